The molecule has 0 radical (unpaired) electrons. The molecule has 0 atom stereocenters. The fourth-order valence-electron chi connectivity index (χ4n) is 3.58. The van der Waals surface area contributed by atoms with Crippen molar-refractivity contribution >= 4 is 0 Å². The number of aryl methyl sites for hydroxylation is 1. The van der Waals surface area contributed by atoms with Crippen molar-refractivity contribution in [3.05, 3.63) is 35.4 Å². The molecule has 1 heteroatoms. The fraction of sp³-hybridized carbons (Fsp3) is 0.625. The van der Waals surface area contributed by atoms with Gasteiger partial charge in [0, 0.05) is 12.0 Å². The van der Waals surface area contributed by atoms with Crippen LogP contribution < -0.4 is 5.73 Å². The highest BCUT2D eigenvalue weighted by Crippen LogP contribution is 2.58. The van der Waals surface area contributed by atoms with Gasteiger partial charge in [-0.25, -0.2) is 0 Å². The zero-order valence-corrected chi connectivity index (χ0v) is 11.4. The molecule has 1 saturated carbocycles. The lowest BCUT2D eigenvalue weighted by Gasteiger charge is -2.56. The molecule has 0 unspecified atom stereocenters. The third kappa shape index (κ3) is 2.01. The Morgan fingerprint density at radius 3 is 2.29 bits per heavy atom. The molecular weight excluding hydrogens is 206 g/mol. The van der Waals surface area contributed by atoms with E-state index in [9.17, 15) is 0 Å². The maximum Gasteiger partial charge on any atom is 0.00862 e. The van der Waals surface area contributed by atoms with Crippen LogP contribution in [-0.4, -0.2) is 6.54 Å². The summed E-state index contributed by atoms with van der Waals surface area (Å²) in [5.74, 6) is 0. The molecule has 1 nitrogen and oxygen atoms in total. The topological polar surface area (TPSA) is 26.0 Å². The maximum absolute atomic E-state index is 6.08. The van der Waals surface area contributed by atoms with Crippen molar-refractivity contribution in [2.45, 2.75) is 51.9 Å². The van der Waals surface area contributed by atoms with E-state index in [1.165, 1.54) is 36.8 Å². The van der Waals surface area contributed by atoms with E-state index in [1.807, 2.05) is 0 Å². The highest BCUT2D eigenvalue weighted by molar-refractivity contribution is 5.34. The highest BCUT2D eigenvalue weighted by Gasteiger charge is 2.52. The maximum atomic E-state index is 6.08. The van der Waals surface area contributed by atoms with Crippen LogP contribution in [0.1, 0.15) is 50.7 Å². The number of hydrogen-bond acceptors (Lipinski definition) is 1. The second kappa shape index (κ2) is 4.45. The van der Waals surface area contributed by atoms with Gasteiger partial charge in [0.2, 0.25) is 0 Å². The van der Waals surface area contributed by atoms with Crippen LogP contribution in [0.25, 0.3) is 0 Å². The van der Waals surface area contributed by atoms with Crippen LogP contribution in [0.15, 0.2) is 24.3 Å². The van der Waals surface area contributed by atoms with Crippen LogP contribution >= 0.6 is 0 Å². The molecule has 0 aliphatic heterocycles. The van der Waals surface area contributed by atoms with Crippen LogP contribution in [0.4, 0.5) is 0 Å². The predicted octanol–water partition coefficient (Wildman–Crippen LogP) is 3.79. The molecule has 0 spiro atoms. The zero-order valence-electron chi connectivity index (χ0n) is 11.4. The third-order valence-corrected chi connectivity index (χ3v) is 4.95. The van der Waals surface area contributed by atoms with E-state index in [0.717, 1.165) is 6.54 Å². The zero-order chi connectivity index (χ0) is 12.5. The standard InChI is InChI=1S/C16H25N/c1-4-15(5-2)10-16(11-15,12-17)14-8-6-7-13(3)9-14/h6-9H,4-5,10-12,17H2,1-3H3. The average molecular weight is 231 g/mol. The lowest BCUT2D eigenvalue weighted by Crippen LogP contribution is -2.53. The van der Waals surface area contributed by atoms with E-state index in [-0.39, 0.29) is 5.41 Å². The molecule has 0 aromatic heterocycles. The molecule has 1 fully saturated rings. The first-order chi connectivity index (χ1) is 8.10. The van der Waals surface area contributed by atoms with Crippen LogP contribution in [0.3, 0.4) is 0 Å². The van der Waals surface area contributed by atoms with Crippen LogP contribution in [0, 0.1) is 12.3 Å². The van der Waals surface area contributed by atoms with E-state index < -0.39 is 0 Å². The Morgan fingerprint density at radius 2 is 1.82 bits per heavy atom. The molecule has 1 aliphatic carbocycles. The lowest BCUT2D eigenvalue weighted by atomic mass is 9.48. The molecule has 17 heavy (non-hydrogen) atoms. The predicted molar refractivity (Wildman–Crippen MR) is 74.2 cm³/mol. The minimum atomic E-state index is 0.262. The SMILES string of the molecule is CCC1(CC)CC(CN)(c2cccc(C)c2)C1. The molecule has 94 valence electrons. The Kier molecular flexibility index (Phi) is 3.31. The number of benzene rings is 1. The molecule has 0 bridgehead atoms. The summed E-state index contributed by atoms with van der Waals surface area (Å²) in [6.45, 7) is 7.60. The van der Waals surface area contributed by atoms with E-state index in [2.05, 4.69) is 45.0 Å². The molecule has 2 rings (SSSR count). The van der Waals surface area contributed by atoms with Gasteiger partial charge < -0.3 is 5.73 Å². The van der Waals surface area contributed by atoms with Gasteiger partial charge in [0.1, 0.15) is 0 Å². The van der Waals surface area contributed by atoms with Crippen molar-refractivity contribution in [2.24, 2.45) is 11.1 Å². The van der Waals surface area contributed by atoms with Crippen molar-refractivity contribution in [1.82, 2.24) is 0 Å². The summed E-state index contributed by atoms with van der Waals surface area (Å²) in [5.41, 5.74) is 9.71. The summed E-state index contributed by atoms with van der Waals surface area (Å²) in [6, 6.07) is 8.91. The minimum absolute atomic E-state index is 0.262. The summed E-state index contributed by atoms with van der Waals surface area (Å²) in [6.07, 6.45) is 5.12. The van der Waals surface area contributed by atoms with Gasteiger partial charge in [-0.05, 0) is 30.7 Å². The highest BCUT2D eigenvalue weighted by atomic mass is 14.7. The Morgan fingerprint density at radius 1 is 1.18 bits per heavy atom. The minimum Gasteiger partial charge on any atom is -0.330 e. The number of nitrogens with two attached hydrogens (primary N) is 1. The van der Waals surface area contributed by atoms with Crippen LogP contribution in [-0.2, 0) is 5.41 Å². The van der Waals surface area contributed by atoms with Crippen molar-refractivity contribution in [2.75, 3.05) is 6.54 Å². The largest absolute Gasteiger partial charge is 0.330 e. The molecule has 2 N–H and O–H groups in total. The second-order valence-electron chi connectivity index (χ2n) is 5.91. The Labute approximate surface area is 105 Å². The molecule has 1 aromatic carbocycles. The van der Waals surface area contributed by atoms with E-state index in [4.69, 9.17) is 5.73 Å². The van der Waals surface area contributed by atoms with Crippen molar-refractivity contribution in [3.63, 3.8) is 0 Å². The summed E-state index contributed by atoms with van der Waals surface area (Å²) < 4.78 is 0. The van der Waals surface area contributed by atoms with Gasteiger partial charge in [0.05, 0.1) is 0 Å². The Bertz CT molecular complexity index is 382. The van der Waals surface area contributed by atoms with Gasteiger partial charge in [-0.1, -0.05) is 56.5 Å². The Hall–Kier alpha value is -0.820. The van der Waals surface area contributed by atoms with Gasteiger partial charge in [0.25, 0.3) is 0 Å². The summed E-state index contributed by atoms with van der Waals surface area (Å²) in [5, 5.41) is 0. The van der Waals surface area contributed by atoms with Gasteiger partial charge in [-0.2, -0.15) is 0 Å². The van der Waals surface area contributed by atoms with Crippen molar-refractivity contribution < 1.29 is 0 Å². The number of hydrogen-bond donors (Lipinski definition) is 1. The van der Waals surface area contributed by atoms with Gasteiger partial charge in [-0.3, -0.25) is 0 Å². The third-order valence-electron chi connectivity index (χ3n) is 4.95. The molecule has 1 aromatic rings. The molecule has 0 saturated heterocycles. The monoisotopic (exact) mass is 231 g/mol. The van der Waals surface area contributed by atoms with E-state index in [1.54, 1.807) is 0 Å². The first-order valence-corrected chi connectivity index (χ1v) is 6.87. The average Bonchev–Trinajstić information content (AvgIpc) is 2.30. The van der Waals surface area contributed by atoms with E-state index in [0.29, 0.717) is 5.41 Å². The first kappa shape index (κ1) is 12.6. The fourth-order valence-corrected chi connectivity index (χ4v) is 3.58. The second-order valence-corrected chi connectivity index (χ2v) is 5.91. The normalized spacial score (nSPS) is 20.9. The Balaban J connectivity index is 2.25. The molecule has 0 amide bonds. The number of rotatable bonds is 4. The molecule has 0 heterocycles. The lowest BCUT2D eigenvalue weighted by molar-refractivity contribution is 0.0182. The smallest absolute Gasteiger partial charge is 0.00862 e. The summed E-state index contributed by atoms with van der Waals surface area (Å²) >= 11 is 0. The quantitative estimate of drug-likeness (QED) is 0.838. The van der Waals surface area contributed by atoms with Gasteiger partial charge in [0.15, 0.2) is 0 Å². The van der Waals surface area contributed by atoms with Crippen molar-refractivity contribution in [1.29, 1.82) is 0 Å². The summed E-state index contributed by atoms with van der Waals surface area (Å²) in [4.78, 5) is 0. The first-order valence-electron chi connectivity index (χ1n) is 6.87. The van der Waals surface area contributed by atoms with Gasteiger partial charge >= 0.3 is 0 Å². The van der Waals surface area contributed by atoms with E-state index >= 15 is 0 Å². The molecular formula is C16H25N. The summed E-state index contributed by atoms with van der Waals surface area (Å²) in [7, 11) is 0. The van der Waals surface area contributed by atoms with Crippen molar-refractivity contribution in [3.8, 4) is 0 Å². The molecule has 1 aliphatic rings. The van der Waals surface area contributed by atoms with Crippen LogP contribution in [0.2, 0.25) is 0 Å². The van der Waals surface area contributed by atoms with Gasteiger partial charge in [-0.15, -0.1) is 0 Å². The van der Waals surface area contributed by atoms with Crippen LogP contribution in [0.5, 0.6) is 0 Å².